The highest BCUT2D eigenvalue weighted by Crippen LogP contribution is 2.51. The van der Waals surface area contributed by atoms with Crippen molar-refractivity contribution in [3.63, 3.8) is 0 Å². The Morgan fingerprint density at radius 2 is 0.583 bits per heavy atom. The molecule has 4 heterocycles. The van der Waals surface area contributed by atoms with Crippen LogP contribution in [0.5, 0.6) is 0 Å². The molecule has 4 aromatic heterocycles. The van der Waals surface area contributed by atoms with Crippen molar-refractivity contribution in [1.82, 2.24) is 0 Å². The summed E-state index contributed by atoms with van der Waals surface area (Å²) < 4.78 is 18.9. The van der Waals surface area contributed by atoms with Crippen LogP contribution in [-0.4, -0.2) is 0 Å². The lowest BCUT2D eigenvalue weighted by molar-refractivity contribution is 0.669. The Morgan fingerprint density at radius 1 is 0.219 bits per heavy atom. The minimum absolute atomic E-state index is 0.832. The Hall–Kier alpha value is -12.1. The van der Waals surface area contributed by atoms with E-state index in [1.807, 2.05) is 22.7 Å². The van der Waals surface area contributed by atoms with Gasteiger partial charge < -0.3 is 18.6 Å². The molecule has 15 aromatic carbocycles. The van der Waals surface area contributed by atoms with Gasteiger partial charge in [-0.15, -0.1) is 22.7 Å². The molecule has 0 unspecified atom stereocenters. The van der Waals surface area contributed by atoms with E-state index in [1.54, 1.807) is 0 Å². The van der Waals surface area contributed by atoms with Gasteiger partial charge in [-0.3, -0.25) is 0 Å². The van der Waals surface area contributed by atoms with Crippen molar-refractivity contribution in [2.24, 2.45) is 0 Å². The number of anilines is 6. The molecule has 96 heavy (non-hydrogen) atoms. The molecule has 0 radical (unpaired) electrons. The number of thiophene rings is 2. The monoisotopic (exact) mass is 1260 g/mol. The Morgan fingerprint density at radius 3 is 1.12 bits per heavy atom. The SMILES string of the molecule is c1ccc(-c2ccc(N(c3ccc4c(c3)oc3cc(-c5cccc(-c6cccc7c6sc6cccc(N(c8ccc(-c9ccccc9)cc8)c8ccc9c(c8)oc8c(-c%10ccccc%10)cccc89)c67)c5)ccc34)c3cccc4sc5c(-c6ccccc6)cccc5c34)cc2)cc1. The van der Waals surface area contributed by atoms with Gasteiger partial charge in [0.1, 0.15) is 22.3 Å². The van der Waals surface area contributed by atoms with Crippen LogP contribution in [0.3, 0.4) is 0 Å². The fraction of sp³-hybridized carbons (Fsp3) is 0. The first-order valence-electron chi connectivity index (χ1n) is 32.5. The molecule has 19 rings (SSSR count). The number of hydrogen-bond donors (Lipinski definition) is 0. The Labute approximate surface area is 562 Å². The van der Waals surface area contributed by atoms with E-state index in [4.69, 9.17) is 8.83 Å². The van der Waals surface area contributed by atoms with Crippen molar-refractivity contribution in [2.75, 3.05) is 9.80 Å². The van der Waals surface area contributed by atoms with Gasteiger partial charge >= 0.3 is 0 Å². The van der Waals surface area contributed by atoms with Crippen molar-refractivity contribution in [3.05, 3.63) is 340 Å². The Bertz CT molecular complexity index is 6190. The summed E-state index contributed by atoms with van der Waals surface area (Å²) >= 11 is 3.71. The number of fused-ring (bicyclic) bond motifs is 12. The molecule has 0 aliphatic rings. The first kappa shape index (κ1) is 55.6. The topological polar surface area (TPSA) is 32.8 Å². The van der Waals surface area contributed by atoms with E-state index < -0.39 is 0 Å². The minimum Gasteiger partial charge on any atom is -0.456 e. The van der Waals surface area contributed by atoms with Gasteiger partial charge in [-0.05, 0) is 152 Å². The maximum atomic E-state index is 7.01. The molecule has 0 bridgehead atoms. The normalized spacial score (nSPS) is 11.8. The molecule has 450 valence electrons. The summed E-state index contributed by atoms with van der Waals surface area (Å²) in [5, 5.41) is 9.23. The second-order valence-corrected chi connectivity index (χ2v) is 26.7. The molecule has 0 fully saturated rings. The van der Waals surface area contributed by atoms with Gasteiger partial charge in [0.25, 0.3) is 0 Å². The lowest BCUT2D eigenvalue weighted by Crippen LogP contribution is -2.10. The number of para-hydroxylation sites is 1. The summed E-state index contributed by atoms with van der Waals surface area (Å²) in [6, 6.07) is 123. The fourth-order valence-electron chi connectivity index (χ4n) is 14.5. The Balaban J connectivity index is 0.697. The van der Waals surface area contributed by atoms with Gasteiger partial charge in [0.05, 0.1) is 11.4 Å². The van der Waals surface area contributed by atoms with Gasteiger partial charge in [0.15, 0.2) is 0 Å². The van der Waals surface area contributed by atoms with Crippen LogP contribution < -0.4 is 9.80 Å². The van der Waals surface area contributed by atoms with Crippen LogP contribution in [0.25, 0.3) is 151 Å². The third-order valence-corrected chi connectivity index (χ3v) is 21.5. The molecule has 0 amide bonds. The van der Waals surface area contributed by atoms with Crippen LogP contribution in [0.1, 0.15) is 0 Å². The van der Waals surface area contributed by atoms with E-state index in [-0.39, 0.29) is 0 Å². The summed E-state index contributed by atoms with van der Waals surface area (Å²) in [7, 11) is 0. The maximum absolute atomic E-state index is 7.01. The third kappa shape index (κ3) is 9.40. The van der Waals surface area contributed by atoms with Gasteiger partial charge in [-0.1, -0.05) is 237 Å². The third-order valence-electron chi connectivity index (χ3n) is 19.1. The first-order chi connectivity index (χ1) is 47.6. The average molecular weight is 1260 g/mol. The molecule has 19 aromatic rings. The number of benzene rings is 15. The molecule has 0 N–H and O–H groups in total. The van der Waals surface area contributed by atoms with E-state index in [0.29, 0.717) is 0 Å². The zero-order valence-corrected chi connectivity index (χ0v) is 53.5. The highest BCUT2D eigenvalue weighted by molar-refractivity contribution is 7.27. The highest BCUT2D eigenvalue weighted by atomic mass is 32.1. The zero-order chi connectivity index (χ0) is 63.2. The van der Waals surface area contributed by atoms with E-state index in [1.165, 1.54) is 79.3 Å². The van der Waals surface area contributed by atoms with E-state index >= 15 is 0 Å². The quantitative estimate of drug-likeness (QED) is 0.122. The summed E-state index contributed by atoms with van der Waals surface area (Å²) in [5.41, 5.74) is 23.7. The van der Waals surface area contributed by atoms with Gasteiger partial charge in [0, 0.05) is 102 Å². The standard InChI is InChI=1S/C90H56N2O2S2/c1-5-19-57(20-6-1)59-39-44-66(45-40-59)91(79-35-17-37-84-86(79)77-33-15-30-71(89(77)95-84)62-25-11-4-12-26-62)68-48-51-74-73-50-43-64(54-81(73)93-82(74)55-68)63-27-13-28-65(53-63)72-31-16-34-78-87-80(36-18-38-85(87)96-90(72)78)92(67-46-41-60(42-47-67)58-21-7-2-8-22-58)69-49-52-75-76-32-14-29-70(61-23-9-3-10-24-61)88(76)94-83(75)56-69/h1-56H. The van der Waals surface area contributed by atoms with Gasteiger partial charge in [0.2, 0.25) is 0 Å². The lowest BCUT2D eigenvalue weighted by Gasteiger charge is -2.26. The average Bonchev–Trinajstić information content (AvgIpc) is 1.55. The number of rotatable bonds is 12. The van der Waals surface area contributed by atoms with E-state index in [9.17, 15) is 0 Å². The van der Waals surface area contributed by atoms with Crippen molar-refractivity contribution in [2.45, 2.75) is 0 Å². The summed E-state index contributed by atoms with van der Waals surface area (Å²) in [6.07, 6.45) is 0. The van der Waals surface area contributed by atoms with Crippen LogP contribution >= 0.6 is 22.7 Å². The molecule has 6 heteroatoms. The lowest BCUT2D eigenvalue weighted by atomic mass is 9.97. The highest BCUT2D eigenvalue weighted by Gasteiger charge is 2.25. The van der Waals surface area contributed by atoms with Crippen LogP contribution in [0.15, 0.2) is 349 Å². The van der Waals surface area contributed by atoms with Crippen LogP contribution in [-0.2, 0) is 0 Å². The summed E-state index contributed by atoms with van der Waals surface area (Å²) in [4.78, 5) is 4.82. The maximum Gasteiger partial charge on any atom is 0.143 e. The number of hydrogen-bond acceptors (Lipinski definition) is 6. The first-order valence-corrected chi connectivity index (χ1v) is 34.1. The predicted octanol–water partition coefficient (Wildman–Crippen LogP) is 27.2. The van der Waals surface area contributed by atoms with Crippen molar-refractivity contribution in [1.29, 1.82) is 0 Å². The second kappa shape index (κ2) is 22.9. The molecule has 4 nitrogen and oxygen atoms in total. The minimum atomic E-state index is 0.832. The fourth-order valence-corrected chi connectivity index (χ4v) is 17.1. The number of nitrogens with zero attached hydrogens (tertiary/aromatic N) is 2. The molecular formula is C90H56N2O2S2. The number of furan rings is 2. The Kier molecular flexibility index (Phi) is 13.3. The predicted molar refractivity (Wildman–Crippen MR) is 409 cm³/mol. The molecule has 0 atom stereocenters. The van der Waals surface area contributed by atoms with Gasteiger partial charge in [-0.2, -0.15) is 0 Å². The van der Waals surface area contributed by atoms with Crippen molar-refractivity contribution >= 4 is 141 Å². The smallest absolute Gasteiger partial charge is 0.143 e. The van der Waals surface area contributed by atoms with E-state index in [0.717, 1.165) is 106 Å². The molecule has 0 saturated heterocycles. The van der Waals surface area contributed by atoms with Gasteiger partial charge in [-0.25, -0.2) is 0 Å². The van der Waals surface area contributed by atoms with Crippen molar-refractivity contribution < 1.29 is 8.83 Å². The summed E-state index contributed by atoms with van der Waals surface area (Å²) in [6.45, 7) is 0. The molecular weight excluding hydrogens is 1210 g/mol. The van der Waals surface area contributed by atoms with E-state index in [2.05, 4.69) is 350 Å². The molecule has 0 spiro atoms. The van der Waals surface area contributed by atoms with Crippen LogP contribution in [0.2, 0.25) is 0 Å². The second-order valence-electron chi connectivity index (χ2n) is 24.6. The van der Waals surface area contributed by atoms with Crippen molar-refractivity contribution in [3.8, 4) is 66.8 Å². The molecule has 0 saturated carbocycles. The summed E-state index contributed by atoms with van der Waals surface area (Å²) in [5.74, 6) is 0. The van der Waals surface area contributed by atoms with Crippen LogP contribution in [0, 0.1) is 0 Å². The van der Waals surface area contributed by atoms with Crippen LogP contribution in [0.4, 0.5) is 34.1 Å². The molecule has 0 aliphatic carbocycles. The zero-order valence-electron chi connectivity index (χ0n) is 51.9. The molecule has 0 aliphatic heterocycles. The largest absolute Gasteiger partial charge is 0.456 e.